The van der Waals surface area contributed by atoms with Crippen LogP contribution in [0.1, 0.15) is 10.4 Å². The highest BCUT2D eigenvalue weighted by atomic mass is 35.5. The van der Waals surface area contributed by atoms with Gasteiger partial charge < -0.3 is 11.1 Å². The summed E-state index contributed by atoms with van der Waals surface area (Å²) in [5, 5.41) is 2.59. The van der Waals surface area contributed by atoms with Crippen LogP contribution in [0.4, 0.5) is 20.2 Å². The first-order valence-electron chi connectivity index (χ1n) is 5.29. The summed E-state index contributed by atoms with van der Waals surface area (Å²) in [6, 6.07) is 7.33. The zero-order valence-corrected chi connectivity index (χ0v) is 10.3. The summed E-state index contributed by atoms with van der Waals surface area (Å²) in [4.78, 5) is 11.8. The maximum absolute atomic E-state index is 13.4. The molecule has 0 aliphatic heterocycles. The number of carbonyl (C=O) groups excluding carboxylic acids is 1. The number of halogens is 3. The Labute approximate surface area is 113 Å². The molecule has 19 heavy (non-hydrogen) atoms. The van der Waals surface area contributed by atoms with Gasteiger partial charge >= 0.3 is 0 Å². The number of carbonyl (C=O) groups is 1. The Balaban J connectivity index is 2.25. The fraction of sp³-hybridized carbons (Fsp3) is 0. The standard InChI is InChI=1S/C13H9ClF2N2O/c14-8-2-3-9(15)12(6-8)18-13(19)7-1-4-11(17)10(16)5-7/h1-6H,17H2,(H,18,19). The highest BCUT2D eigenvalue weighted by Crippen LogP contribution is 2.21. The number of amides is 1. The van der Waals surface area contributed by atoms with Gasteiger partial charge in [-0.25, -0.2) is 8.78 Å². The summed E-state index contributed by atoms with van der Waals surface area (Å²) in [6.45, 7) is 0. The summed E-state index contributed by atoms with van der Waals surface area (Å²) in [5.74, 6) is -1.99. The van der Waals surface area contributed by atoms with Crippen molar-refractivity contribution >= 4 is 28.9 Å². The van der Waals surface area contributed by atoms with Gasteiger partial charge in [-0.3, -0.25) is 4.79 Å². The van der Waals surface area contributed by atoms with E-state index in [1.165, 1.54) is 24.3 Å². The number of rotatable bonds is 2. The minimum Gasteiger partial charge on any atom is -0.396 e. The second-order valence-electron chi connectivity index (χ2n) is 3.81. The Morgan fingerprint density at radius 3 is 2.53 bits per heavy atom. The zero-order valence-electron chi connectivity index (χ0n) is 9.58. The summed E-state index contributed by atoms with van der Waals surface area (Å²) in [6.07, 6.45) is 0. The lowest BCUT2D eigenvalue weighted by Gasteiger charge is -2.07. The van der Waals surface area contributed by atoms with Gasteiger partial charge in [0, 0.05) is 10.6 Å². The molecule has 0 spiro atoms. The van der Waals surface area contributed by atoms with Crippen molar-refractivity contribution in [2.45, 2.75) is 0 Å². The van der Waals surface area contributed by atoms with Crippen LogP contribution < -0.4 is 11.1 Å². The van der Waals surface area contributed by atoms with Gasteiger partial charge in [0.25, 0.3) is 5.91 Å². The molecule has 2 aromatic carbocycles. The molecule has 3 N–H and O–H groups in total. The van der Waals surface area contributed by atoms with E-state index in [2.05, 4.69) is 5.32 Å². The Bertz CT molecular complexity index is 647. The van der Waals surface area contributed by atoms with Gasteiger partial charge in [-0.2, -0.15) is 0 Å². The summed E-state index contributed by atoms with van der Waals surface area (Å²) >= 11 is 5.70. The second-order valence-corrected chi connectivity index (χ2v) is 4.25. The number of hydrogen-bond acceptors (Lipinski definition) is 2. The molecule has 1 amide bonds. The van der Waals surface area contributed by atoms with Crippen LogP contribution in [-0.2, 0) is 0 Å². The Kier molecular flexibility index (Phi) is 3.66. The van der Waals surface area contributed by atoms with E-state index in [4.69, 9.17) is 17.3 Å². The lowest BCUT2D eigenvalue weighted by Crippen LogP contribution is -2.13. The van der Waals surface area contributed by atoms with Crippen molar-refractivity contribution in [1.29, 1.82) is 0 Å². The van der Waals surface area contributed by atoms with E-state index in [-0.39, 0.29) is 22.0 Å². The normalized spacial score (nSPS) is 10.3. The summed E-state index contributed by atoms with van der Waals surface area (Å²) in [5.41, 5.74) is 5.20. The average molecular weight is 283 g/mol. The van der Waals surface area contributed by atoms with E-state index >= 15 is 0 Å². The molecule has 98 valence electrons. The Hall–Kier alpha value is -2.14. The fourth-order valence-corrected chi connectivity index (χ4v) is 1.63. The fourth-order valence-electron chi connectivity index (χ4n) is 1.46. The largest absolute Gasteiger partial charge is 0.396 e. The minimum atomic E-state index is -0.709. The van der Waals surface area contributed by atoms with Crippen LogP contribution in [0.5, 0.6) is 0 Å². The maximum atomic E-state index is 13.4. The van der Waals surface area contributed by atoms with Gasteiger partial charge in [0.05, 0.1) is 11.4 Å². The third kappa shape index (κ3) is 3.00. The van der Waals surface area contributed by atoms with E-state index in [1.807, 2.05) is 0 Å². The van der Waals surface area contributed by atoms with Gasteiger partial charge in [-0.05, 0) is 36.4 Å². The molecule has 0 aliphatic rings. The van der Waals surface area contributed by atoms with E-state index in [9.17, 15) is 13.6 Å². The molecule has 0 aliphatic carbocycles. The molecule has 0 atom stereocenters. The highest BCUT2D eigenvalue weighted by Gasteiger charge is 2.11. The highest BCUT2D eigenvalue weighted by molar-refractivity contribution is 6.31. The molecule has 6 heteroatoms. The van der Waals surface area contributed by atoms with Gasteiger partial charge in [0.15, 0.2) is 0 Å². The monoisotopic (exact) mass is 282 g/mol. The number of hydrogen-bond donors (Lipinski definition) is 2. The van der Waals surface area contributed by atoms with Crippen molar-refractivity contribution in [1.82, 2.24) is 0 Å². The van der Waals surface area contributed by atoms with Gasteiger partial charge in [0.2, 0.25) is 0 Å². The first-order valence-corrected chi connectivity index (χ1v) is 5.66. The average Bonchev–Trinajstić information content (AvgIpc) is 2.37. The van der Waals surface area contributed by atoms with E-state index in [0.717, 1.165) is 12.1 Å². The third-order valence-electron chi connectivity index (χ3n) is 2.44. The number of benzene rings is 2. The molecule has 0 aromatic heterocycles. The van der Waals surface area contributed by atoms with Crippen molar-refractivity contribution in [2.24, 2.45) is 0 Å². The van der Waals surface area contributed by atoms with Crippen LogP contribution in [-0.4, -0.2) is 5.91 Å². The van der Waals surface area contributed by atoms with Crippen molar-refractivity contribution < 1.29 is 13.6 Å². The van der Waals surface area contributed by atoms with Crippen molar-refractivity contribution in [3.63, 3.8) is 0 Å². The topological polar surface area (TPSA) is 55.1 Å². The maximum Gasteiger partial charge on any atom is 0.255 e. The van der Waals surface area contributed by atoms with Gasteiger partial charge in [-0.1, -0.05) is 11.6 Å². The SMILES string of the molecule is Nc1ccc(C(=O)Nc2cc(Cl)ccc2F)cc1F. The molecule has 0 unspecified atom stereocenters. The number of nitrogen functional groups attached to an aromatic ring is 1. The number of nitrogens with one attached hydrogen (secondary N) is 1. The van der Waals surface area contributed by atoms with Crippen LogP contribution in [0, 0.1) is 11.6 Å². The van der Waals surface area contributed by atoms with E-state index in [1.54, 1.807) is 0 Å². The van der Waals surface area contributed by atoms with Crippen LogP contribution in [0.15, 0.2) is 36.4 Å². The summed E-state index contributed by atoms with van der Waals surface area (Å²) in [7, 11) is 0. The molecular formula is C13H9ClF2N2O. The number of nitrogens with two attached hydrogens (primary N) is 1. The lowest BCUT2D eigenvalue weighted by molar-refractivity contribution is 0.102. The summed E-state index contributed by atoms with van der Waals surface area (Å²) < 4.78 is 26.6. The van der Waals surface area contributed by atoms with Crippen LogP contribution in [0.25, 0.3) is 0 Å². The van der Waals surface area contributed by atoms with Crippen LogP contribution in [0.3, 0.4) is 0 Å². The lowest BCUT2D eigenvalue weighted by atomic mass is 10.2. The molecule has 0 bridgehead atoms. The van der Waals surface area contributed by atoms with Gasteiger partial charge in [0.1, 0.15) is 11.6 Å². The smallest absolute Gasteiger partial charge is 0.255 e. The third-order valence-corrected chi connectivity index (χ3v) is 2.67. The van der Waals surface area contributed by atoms with E-state index < -0.39 is 17.5 Å². The predicted molar refractivity (Wildman–Crippen MR) is 70.2 cm³/mol. The quantitative estimate of drug-likeness (QED) is 0.829. The molecule has 0 saturated heterocycles. The molecule has 0 heterocycles. The Morgan fingerprint density at radius 2 is 1.84 bits per heavy atom. The second kappa shape index (κ2) is 5.24. The van der Waals surface area contributed by atoms with Crippen LogP contribution >= 0.6 is 11.6 Å². The zero-order chi connectivity index (χ0) is 14.0. The van der Waals surface area contributed by atoms with Crippen molar-refractivity contribution in [3.05, 3.63) is 58.6 Å². The van der Waals surface area contributed by atoms with Crippen molar-refractivity contribution in [2.75, 3.05) is 11.1 Å². The molecule has 2 aromatic rings. The number of anilines is 2. The Morgan fingerprint density at radius 1 is 1.11 bits per heavy atom. The van der Waals surface area contributed by atoms with Crippen molar-refractivity contribution in [3.8, 4) is 0 Å². The first kappa shape index (κ1) is 13.3. The molecule has 0 radical (unpaired) electrons. The molecular weight excluding hydrogens is 274 g/mol. The minimum absolute atomic E-state index is 0.0334. The molecule has 0 saturated carbocycles. The molecule has 2 rings (SSSR count). The first-order chi connectivity index (χ1) is 8.97. The van der Waals surface area contributed by atoms with Crippen LogP contribution in [0.2, 0.25) is 5.02 Å². The molecule has 0 fully saturated rings. The van der Waals surface area contributed by atoms with Gasteiger partial charge in [-0.15, -0.1) is 0 Å². The van der Waals surface area contributed by atoms with E-state index in [0.29, 0.717) is 0 Å². The predicted octanol–water partition coefficient (Wildman–Crippen LogP) is 3.45. The molecule has 3 nitrogen and oxygen atoms in total.